The van der Waals surface area contributed by atoms with E-state index >= 15 is 0 Å². The van der Waals surface area contributed by atoms with Crippen molar-refractivity contribution < 1.29 is 19.0 Å². The van der Waals surface area contributed by atoms with Gasteiger partial charge in [0, 0.05) is 18.4 Å². The predicted molar refractivity (Wildman–Crippen MR) is 99.9 cm³/mol. The first kappa shape index (κ1) is 18.7. The lowest BCUT2D eigenvalue weighted by molar-refractivity contribution is 0.0472. The van der Waals surface area contributed by atoms with E-state index in [1.165, 1.54) is 13.2 Å². The molecule has 1 atom stereocenters. The molecule has 0 aromatic heterocycles. The van der Waals surface area contributed by atoms with E-state index in [2.05, 4.69) is 0 Å². The quantitative estimate of drug-likeness (QED) is 0.626. The maximum atomic E-state index is 14.8. The molecule has 1 aliphatic carbocycles. The number of aliphatic hydroxyl groups is 1. The number of aryl methyl sites for hydroxylation is 2. The van der Waals surface area contributed by atoms with Crippen molar-refractivity contribution in [1.82, 2.24) is 0 Å². The summed E-state index contributed by atoms with van der Waals surface area (Å²) in [7, 11) is 1.51. The maximum Gasteiger partial charge on any atom is 0.188 e. The fourth-order valence-corrected chi connectivity index (χ4v) is 4.02. The maximum absolute atomic E-state index is 14.8. The summed E-state index contributed by atoms with van der Waals surface area (Å²) in [6.45, 7) is 3.84. The van der Waals surface area contributed by atoms with Crippen LogP contribution in [0.3, 0.4) is 0 Å². The van der Waals surface area contributed by atoms with E-state index in [1.54, 1.807) is 0 Å². The molecular weight excluding hydrogens is 333 g/mol. The third kappa shape index (κ3) is 3.41. The number of rotatable bonds is 5. The Morgan fingerprint density at radius 1 is 1.12 bits per heavy atom. The van der Waals surface area contributed by atoms with Crippen LogP contribution in [0, 0.1) is 19.7 Å². The lowest BCUT2D eigenvalue weighted by atomic mass is 9.83. The Bertz CT molecular complexity index is 796. The van der Waals surface area contributed by atoms with E-state index in [0.29, 0.717) is 11.3 Å². The Hall–Kier alpha value is -2.11. The topological polar surface area (TPSA) is 64.7 Å². The molecule has 140 valence electrons. The van der Waals surface area contributed by atoms with Crippen molar-refractivity contribution >= 4 is 5.69 Å². The first-order chi connectivity index (χ1) is 12.4. The van der Waals surface area contributed by atoms with Crippen molar-refractivity contribution in [2.45, 2.75) is 45.6 Å². The Balaban J connectivity index is 2.12. The number of benzene rings is 2. The van der Waals surface area contributed by atoms with E-state index in [-0.39, 0.29) is 12.5 Å². The highest BCUT2D eigenvalue weighted by Gasteiger charge is 2.27. The van der Waals surface area contributed by atoms with Crippen molar-refractivity contribution in [3.8, 4) is 5.75 Å². The second-order valence-electron chi connectivity index (χ2n) is 6.96. The monoisotopic (exact) mass is 359 g/mol. The van der Waals surface area contributed by atoms with Gasteiger partial charge in [0.15, 0.2) is 18.4 Å². The Labute approximate surface area is 153 Å². The highest BCUT2D eigenvalue weighted by molar-refractivity contribution is 5.55. The molecule has 5 heteroatoms. The van der Waals surface area contributed by atoms with Crippen LogP contribution in [0.5, 0.6) is 5.75 Å². The van der Waals surface area contributed by atoms with Gasteiger partial charge in [0.25, 0.3) is 0 Å². The molecule has 2 aromatic rings. The zero-order valence-corrected chi connectivity index (χ0v) is 15.6. The van der Waals surface area contributed by atoms with Crippen LogP contribution >= 0.6 is 0 Å². The van der Waals surface area contributed by atoms with Crippen LogP contribution in [-0.4, -0.2) is 19.0 Å². The van der Waals surface area contributed by atoms with Gasteiger partial charge < -0.3 is 20.3 Å². The molecule has 1 unspecified atom stereocenters. The van der Waals surface area contributed by atoms with Crippen molar-refractivity contribution in [3.05, 3.63) is 57.4 Å². The number of hydrogen-bond donors (Lipinski definition) is 2. The lowest BCUT2D eigenvalue weighted by Gasteiger charge is -2.26. The normalized spacial score (nSPS) is 14.8. The third-order valence-corrected chi connectivity index (χ3v) is 5.09. The predicted octanol–water partition coefficient (Wildman–Crippen LogP) is 3.97. The number of methoxy groups -OCH3 is 1. The van der Waals surface area contributed by atoms with E-state index in [4.69, 9.17) is 15.2 Å². The van der Waals surface area contributed by atoms with Gasteiger partial charge in [-0.05, 0) is 85.5 Å². The molecule has 3 rings (SSSR count). The first-order valence-electron chi connectivity index (χ1n) is 8.94. The van der Waals surface area contributed by atoms with E-state index in [9.17, 15) is 9.50 Å². The molecule has 2 aromatic carbocycles. The second-order valence-corrected chi connectivity index (χ2v) is 6.96. The number of fused-ring (bicyclic) bond motifs is 1. The molecule has 4 nitrogen and oxygen atoms in total. The molecule has 3 N–H and O–H groups in total. The molecule has 0 heterocycles. The zero-order valence-electron chi connectivity index (χ0n) is 15.6. The highest BCUT2D eigenvalue weighted by atomic mass is 19.1. The molecule has 1 aliphatic rings. The van der Waals surface area contributed by atoms with Gasteiger partial charge >= 0.3 is 0 Å². The average Bonchev–Trinajstić information content (AvgIpc) is 2.59. The number of nitrogen functional groups attached to an aromatic ring is 1. The van der Waals surface area contributed by atoms with Gasteiger partial charge in [-0.3, -0.25) is 0 Å². The number of hydrogen-bond acceptors (Lipinski definition) is 4. The number of halogens is 1. The van der Waals surface area contributed by atoms with Gasteiger partial charge in [-0.15, -0.1) is 0 Å². The minimum absolute atomic E-state index is 0.00143. The van der Waals surface area contributed by atoms with Crippen LogP contribution in [0.15, 0.2) is 18.2 Å². The first-order valence-corrected chi connectivity index (χ1v) is 8.94. The summed E-state index contributed by atoms with van der Waals surface area (Å²) in [5, 5.41) is 11.1. The number of nitrogens with two attached hydrogens (primary N) is 1. The van der Waals surface area contributed by atoms with Crippen molar-refractivity contribution in [1.29, 1.82) is 0 Å². The van der Waals surface area contributed by atoms with Gasteiger partial charge in [0.2, 0.25) is 0 Å². The minimum atomic E-state index is -0.895. The summed E-state index contributed by atoms with van der Waals surface area (Å²) >= 11 is 0. The standard InChI is InChI=1S/C21H26FNO3/c1-12-8-14(23)9-13(2)19(12)20(24)17-10-18(22)21(26-11-25-3)16-7-5-4-6-15(16)17/h8-10,20,24H,4-7,11,23H2,1-3H3. The SMILES string of the molecule is COCOc1c(F)cc(C(O)c2c(C)cc(N)cc2C)c2c1CCCC2. The molecule has 0 fully saturated rings. The number of aliphatic hydroxyl groups excluding tert-OH is 1. The smallest absolute Gasteiger partial charge is 0.188 e. The molecule has 0 spiro atoms. The highest BCUT2D eigenvalue weighted by Crippen LogP contribution is 2.40. The lowest BCUT2D eigenvalue weighted by Crippen LogP contribution is -2.16. The molecule has 0 saturated heterocycles. The summed E-state index contributed by atoms with van der Waals surface area (Å²) in [5.41, 5.74) is 11.6. The molecule has 26 heavy (non-hydrogen) atoms. The fraction of sp³-hybridized carbons (Fsp3) is 0.429. The molecule has 0 saturated carbocycles. The van der Waals surface area contributed by atoms with Gasteiger partial charge in [-0.25, -0.2) is 4.39 Å². The van der Waals surface area contributed by atoms with Crippen LogP contribution in [0.2, 0.25) is 0 Å². The molecular formula is C21H26FNO3. The van der Waals surface area contributed by atoms with Crippen LogP contribution in [0.4, 0.5) is 10.1 Å². The Morgan fingerprint density at radius 3 is 2.35 bits per heavy atom. The van der Waals surface area contributed by atoms with Crippen LogP contribution < -0.4 is 10.5 Å². The Kier molecular flexibility index (Phi) is 5.49. The van der Waals surface area contributed by atoms with E-state index in [0.717, 1.165) is 53.5 Å². The summed E-state index contributed by atoms with van der Waals surface area (Å²) in [6, 6.07) is 5.09. The van der Waals surface area contributed by atoms with Crippen molar-refractivity contribution in [3.63, 3.8) is 0 Å². The Morgan fingerprint density at radius 2 is 1.73 bits per heavy atom. The van der Waals surface area contributed by atoms with Gasteiger partial charge in [0.1, 0.15) is 6.10 Å². The van der Waals surface area contributed by atoms with E-state index < -0.39 is 11.9 Å². The van der Waals surface area contributed by atoms with Crippen molar-refractivity contribution in [2.24, 2.45) is 0 Å². The van der Waals surface area contributed by atoms with Gasteiger partial charge in [-0.1, -0.05) is 0 Å². The minimum Gasteiger partial charge on any atom is -0.464 e. The molecule has 0 bridgehead atoms. The largest absolute Gasteiger partial charge is 0.464 e. The van der Waals surface area contributed by atoms with Crippen molar-refractivity contribution in [2.75, 3.05) is 19.6 Å². The summed E-state index contributed by atoms with van der Waals surface area (Å²) < 4.78 is 25.2. The summed E-state index contributed by atoms with van der Waals surface area (Å²) in [6.07, 6.45) is 2.65. The zero-order chi connectivity index (χ0) is 18.8. The fourth-order valence-electron chi connectivity index (χ4n) is 4.02. The van der Waals surface area contributed by atoms with Crippen LogP contribution in [0.1, 0.15) is 52.3 Å². The van der Waals surface area contributed by atoms with Gasteiger partial charge in [0.05, 0.1) is 0 Å². The van der Waals surface area contributed by atoms with Crippen LogP contribution in [0.25, 0.3) is 0 Å². The summed E-state index contributed by atoms with van der Waals surface area (Å²) in [4.78, 5) is 0. The third-order valence-electron chi connectivity index (χ3n) is 5.09. The number of anilines is 1. The second kappa shape index (κ2) is 7.64. The molecule has 0 radical (unpaired) electrons. The molecule has 0 aliphatic heterocycles. The van der Waals surface area contributed by atoms with Crippen LogP contribution in [-0.2, 0) is 17.6 Å². The summed E-state index contributed by atoms with van der Waals surface area (Å²) in [5.74, 6) is -0.203. The van der Waals surface area contributed by atoms with Gasteiger partial charge in [-0.2, -0.15) is 0 Å². The average molecular weight is 359 g/mol. The van der Waals surface area contributed by atoms with E-state index in [1.807, 2.05) is 26.0 Å². The molecule has 0 amide bonds. The number of ether oxygens (including phenoxy) is 2.